The number of nitrogens with two attached hydrogens (primary N) is 2. The first kappa shape index (κ1) is 18.6. The Hall–Kier alpha value is -3.22. The van der Waals surface area contributed by atoms with Gasteiger partial charge in [0.25, 0.3) is 11.8 Å². The first-order valence-electron chi connectivity index (χ1n) is 7.88. The molecule has 0 spiro atoms. The lowest BCUT2D eigenvalue weighted by Crippen LogP contribution is -2.29. The van der Waals surface area contributed by atoms with E-state index in [4.69, 9.17) is 10.9 Å². The summed E-state index contributed by atoms with van der Waals surface area (Å²) in [5.41, 5.74) is 8.08. The first-order valence-corrected chi connectivity index (χ1v) is 9.43. The van der Waals surface area contributed by atoms with Crippen molar-refractivity contribution >= 4 is 27.5 Å². The SMILES string of the molecule is Cc1c(C)c2c(c(N)c1C#N)C(=O)N(Cc1ccc(S(N)(=O)=O)cc1)C2=O. The molecule has 0 radical (unpaired) electrons. The summed E-state index contributed by atoms with van der Waals surface area (Å²) in [7, 11) is -3.83. The molecule has 138 valence electrons. The van der Waals surface area contributed by atoms with Gasteiger partial charge in [-0.2, -0.15) is 5.26 Å². The number of nitrogen functional groups attached to an aromatic ring is 1. The summed E-state index contributed by atoms with van der Waals surface area (Å²) < 4.78 is 22.7. The molecule has 1 aliphatic rings. The molecular formula is C18H16N4O4S. The third-order valence-electron chi connectivity index (χ3n) is 4.72. The van der Waals surface area contributed by atoms with Crippen molar-refractivity contribution < 1.29 is 18.0 Å². The molecule has 2 aromatic carbocycles. The molecule has 0 saturated carbocycles. The van der Waals surface area contributed by atoms with E-state index in [2.05, 4.69) is 0 Å². The number of amides is 2. The van der Waals surface area contributed by atoms with E-state index in [1.807, 2.05) is 6.07 Å². The second kappa shape index (κ2) is 6.19. The van der Waals surface area contributed by atoms with Gasteiger partial charge in [-0.15, -0.1) is 0 Å². The average molecular weight is 384 g/mol. The van der Waals surface area contributed by atoms with Crippen LogP contribution in [0.25, 0.3) is 0 Å². The number of imide groups is 1. The van der Waals surface area contributed by atoms with E-state index in [0.717, 1.165) is 4.90 Å². The van der Waals surface area contributed by atoms with Gasteiger partial charge in [-0.05, 0) is 42.7 Å². The number of anilines is 1. The molecule has 1 aliphatic heterocycles. The van der Waals surface area contributed by atoms with Crippen molar-refractivity contribution in [3.63, 3.8) is 0 Å². The number of nitriles is 1. The van der Waals surface area contributed by atoms with Crippen LogP contribution in [0.3, 0.4) is 0 Å². The van der Waals surface area contributed by atoms with E-state index in [-0.39, 0.29) is 33.8 Å². The molecule has 0 atom stereocenters. The zero-order chi connectivity index (χ0) is 20.1. The standard InChI is InChI=1S/C18H16N4O4S/c1-9-10(2)14-15(16(20)13(9)7-19)18(24)22(17(14)23)8-11-3-5-12(6-4-11)27(21,25)26/h3-6H,8,20H2,1-2H3,(H2,21,25,26). The molecule has 8 nitrogen and oxygen atoms in total. The zero-order valence-corrected chi connectivity index (χ0v) is 15.4. The lowest BCUT2D eigenvalue weighted by atomic mass is 9.92. The summed E-state index contributed by atoms with van der Waals surface area (Å²) in [5.74, 6) is -1.08. The Bertz CT molecular complexity index is 1150. The van der Waals surface area contributed by atoms with Gasteiger partial charge in [0.05, 0.1) is 33.8 Å². The largest absolute Gasteiger partial charge is 0.397 e. The minimum Gasteiger partial charge on any atom is -0.397 e. The van der Waals surface area contributed by atoms with Gasteiger partial charge >= 0.3 is 0 Å². The summed E-state index contributed by atoms with van der Waals surface area (Å²) in [6.07, 6.45) is 0. The number of benzene rings is 2. The molecule has 0 bridgehead atoms. The molecule has 4 N–H and O–H groups in total. The Labute approximate surface area is 156 Å². The van der Waals surface area contributed by atoms with E-state index in [1.165, 1.54) is 24.3 Å². The molecule has 0 fully saturated rings. The van der Waals surface area contributed by atoms with Crippen LogP contribution in [0.4, 0.5) is 5.69 Å². The molecule has 0 aromatic heterocycles. The highest BCUT2D eigenvalue weighted by Crippen LogP contribution is 2.36. The lowest BCUT2D eigenvalue weighted by molar-refractivity contribution is 0.0642. The molecule has 27 heavy (non-hydrogen) atoms. The fourth-order valence-electron chi connectivity index (χ4n) is 3.13. The minimum atomic E-state index is -3.83. The average Bonchev–Trinajstić information content (AvgIpc) is 2.85. The van der Waals surface area contributed by atoms with Gasteiger partial charge in [0.2, 0.25) is 10.0 Å². The van der Waals surface area contributed by atoms with Crippen molar-refractivity contribution in [2.75, 3.05) is 5.73 Å². The highest BCUT2D eigenvalue weighted by atomic mass is 32.2. The van der Waals surface area contributed by atoms with Crippen LogP contribution < -0.4 is 10.9 Å². The van der Waals surface area contributed by atoms with Crippen molar-refractivity contribution in [2.45, 2.75) is 25.3 Å². The molecule has 1 heterocycles. The van der Waals surface area contributed by atoms with E-state index in [0.29, 0.717) is 16.7 Å². The van der Waals surface area contributed by atoms with Crippen LogP contribution in [0.2, 0.25) is 0 Å². The second-order valence-corrected chi connectivity index (χ2v) is 7.85. The van der Waals surface area contributed by atoms with Crippen molar-refractivity contribution in [2.24, 2.45) is 5.14 Å². The van der Waals surface area contributed by atoms with Crippen LogP contribution in [0.5, 0.6) is 0 Å². The van der Waals surface area contributed by atoms with Crippen LogP contribution in [0.15, 0.2) is 29.2 Å². The summed E-state index contributed by atoms with van der Waals surface area (Å²) in [6, 6.07) is 7.55. The number of sulfonamides is 1. The van der Waals surface area contributed by atoms with Crippen molar-refractivity contribution in [3.05, 3.63) is 57.6 Å². The summed E-state index contributed by atoms with van der Waals surface area (Å²) in [6.45, 7) is 3.29. The fraction of sp³-hybridized carbons (Fsp3) is 0.167. The Morgan fingerprint density at radius 1 is 1.04 bits per heavy atom. The third-order valence-corrected chi connectivity index (χ3v) is 5.65. The van der Waals surface area contributed by atoms with Gasteiger partial charge in [0, 0.05) is 0 Å². The predicted octanol–water partition coefficient (Wildman–Crippen LogP) is 1.20. The van der Waals surface area contributed by atoms with Gasteiger partial charge in [0.15, 0.2) is 0 Å². The molecule has 2 amide bonds. The highest BCUT2D eigenvalue weighted by Gasteiger charge is 2.40. The molecule has 2 aromatic rings. The monoisotopic (exact) mass is 384 g/mol. The Morgan fingerprint density at radius 3 is 2.11 bits per heavy atom. The second-order valence-electron chi connectivity index (χ2n) is 6.29. The number of hydrogen-bond donors (Lipinski definition) is 2. The predicted molar refractivity (Wildman–Crippen MR) is 97.1 cm³/mol. The molecule has 0 aliphatic carbocycles. The van der Waals surface area contributed by atoms with E-state index < -0.39 is 21.8 Å². The van der Waals surface area contributed by atoms with Gasteiger partial charge < -0.3 is 5.73 Å². The lowest BCUT2D eigenvalue weighted by Gasteiger charge is -2.14. The van der Waals surface area contributed by atoms with Crippen LogP contribution in [-0.2, 0) is 16.6 Å². The Morgan fingerprint density at radius 2 is 1.59 bits per heavy atom. The number of carbonyl (C=O) groups excluding carboxylic acids is 2. The number of rotatable bonds is 3. The van der Waals surface area contributed by atoms with Gasteiger partial charge in [-0.1, -0.05) is 12.1 Å². The Balaban J connectivity index is 2.02. The van der Waals surface area contributed by atoms with Crippen molar-refractivity contribution in [1.82, 2.24) is 4.90 Å². The number of carbonyl (C=O) groups is 2. The first-order chi connectivity index (χ1) is 12.6. The van der Waals surface area contributed by atoms with E-state index in [1.54, 1.807) is 13.8 Å². The Kier molecular flexibility index (Phi) is 4.26. The fourth-order valence-corrected chi connectivity index (χ4v) is 3.65. The topological polar surface area (TPSA) is 147 Å². The zero-order valence-electron chi connectivity index (χ0n) is 14.6. The molecule has 9 heteroatoms. The smallest absolute Gasteiger partial charge is 0.264 e. The van der Waals surface area contributed by atoms with Crippen molar-refractivity contribution in [3.8, 4) is 6.07 Å². The maximum absolute atomic E-state index is 12.8. The molecule has 3 rings (SSSR count). The van der Waals surface area contributed by atoms with Crippen LogP contribution in [0.1, 0.15) is 43.0 Å². The molecule has 0 saturated heterocycles. The highest BCUT2D eigenvalue weighted by molar-refractivity contribution is 7.89. The van der Waals surface area contributed by atoms with Crippen LogP contribution in [0, 0.1) is 25.2 Å². The number of nitrogens with zero attached hydrogens (tertiary/aromatic N) is 2. The summed E-state index contributed by atoms with van der Waals surface area (Å²) in [5, 5.41) is 14.4. The number of fused-ring (bicyclic) bond motifs is 1. The number of hydrogen-bond acceptors (Lipinski definition) is 6. The molecular weight excluding hydrogens is 368 g/mol. The van der Waals surface area contributed by atoms with Gasteiger partial charge in [-0.25, -0.2) is 13.6 Å². The maximum atomic E-state index is 12.8. The summed E-state index contributed by atoms with van der Waals surface area (Å²) in [4.78, 5) is 26.6. The van der Waals surface area contributed by atoms with E-state index >= 15 is 0 Å². The van der Waals surface area contributed by atoms with Gasteiger partial charge in [-0.3, -0.25) is 14.5 Å². The maximum Gasteiger partial charge on any atom is 0.264 e. The number of primary sulfonamides is 1. The van der Waals surface area contributed by atoms with E-state index in [9.17, 15) is 23.3 Å². The van der Waals surface area contributed by atoms with Gasteiger partial charge in [0.1, 0.15) is 6.07 Å². The quantitative estimate of drug-likeness (QED) is 0.600. The molecule has 0 unspecified atom stereocenters. The van der Waals surface area contributed by atoms with Crippen LogP contribution in [-0.4, -0.2) is 25.1 Å². The summed E-state index contributed by atoms with van der Waals surface area (Å²) >= 11 is 0. The third kappa shape index (κ3) is 2.85. The normalized spacial score (nSPS) is 13.6. The minimum absolute atomic E-state index is 0.000947. The van der Waals surface area contributed by atoms with Crippen molar-refractivity contribution in [1.29, 1.82) is 5.26 Å². The van der Waals surface area contributed by atoms with Crippen LogP contribution >= 0.6 is 0 Å².